The van der Waals surface area contributed by atoms with Crippen LogP contribution in [0.25, 0.3) is 0 Å². The minimum Gasteiger partial charge on any atom is -0.469 e. The van der Waals surface area contributed by atoms with Crippen LogP contribution in [-0.2, 0) is 27.3 Å². The van der Waals surface area contributed by atoms with Gasteiger partial charge in [0, 0.05) is 18.4 Å². The van der Waals surface area contributed by atoms with Gasteiger partial charge in [-0.15, -0.1) is 11.3 Å². The van der Waals surface area contributed by atoms with E-state index in [4.69, 9.17) is 4.74 Å². The molecule has 1 heterocycles. The summed E-state index contributed by atoms with van der Waals surface area (Å²) in [7, 11) is 1.39. The second-order valence-corrected chi connectivity index (χ2v) is 3.89. The van der Waals surface area contributed by atoms with E-state index < -0.39 is 0 Å². The molecule has 0 fully saturated rings. The minimum absolute atomic E-state index is 0.200. The third-order valence-electron chi connectivity index (χ3n) is 1.84. The van der Waals surface area contributed by atoms with E-state index in [-0.39, 0.29) is 5.97 Å². The summed E-state index contributed by atoms with van der Waals surface area (Å²) in [5, 5.41) is 2.91. The van der Waals surface area contributed by atoms with E-state index in [1.165, 1.54) is 7.11 Å². The molecule has 84 valence electrons. The predicted molar refractivity (Wildman–Crippen MR) is 57.8 cm³/mol. The summed E-state index contributed by atoms with van der Waals surface area (Å²) in [6.45, 7) is 3.20. The van der Waals surface area contributed by atoms with Crippen LogP contribution in [0.4, 0.5) is 0 Å². The first kappa shape index (κ1) is 12.1. The van der Waals surface area contributed by atoms with E-state index in [0.29, 0.717) is 26.1 Å². The average molecular weight is 229 g/mol. The number of aromatic nitrogens is 1. The zero-order valence-corrected chi connectivity index (χ0v) is 9.80. The Bertz CT molecular complexity index is 311. The lowest BCUT2D eigenvalue weighted by Gasteiger charge is -1.96. The quantitative estimate of drug-likeness (QED) is 0.698. The number of hydrogen-bond acceptors (Lipinski definition) is 5. The average Bonchev–Trinajstić information content (AvgIpc) is 2.71. The summed E-state index contributed by atoms with van der Waals surface area (Å²) in [6.07, 6.45) is 1.02. The van der Waals surface area contributed by atoms with Crippen molar-refractivity contribution in [2.75, 3.05) is 13.7 Å². The van der Waals surface area contributed by atoms with Gasteiger partial charge in [0.15, 0.2) is 0 Å². The maximum Gasteiger partial charge on any atom is 0.305 e. The van der Waals surface area contributed by atoms with E-state index in [0.717, 1.165) is 10.7 Å². The topological polar surface area (TPSA) is 48.4 Å². The summed E-state index contributed by atoms with van der Waals surface area (Å²) in [5.41, 5.74) is 0.931. The maximum absolute atomic E-state index is 10.9. The van der Waals surface area contributed by atoms with Gasteiger partial charge in [-0.2, -0.15) is 0 Å². The third kappa shape index (κ3) is 4.40. The highest BCUT2D eigenvalue weighted by Gasteiger charge is 2.05. The van der Waals surface area contributed by atoms with Gasteiger partial charge >= 0.3 is 5.97 Å². The first-order valence-electron chi connectivity index (χ1n) is 4.84. The smallest absolute Gasteiger partial charge is 0.305 e. The number of carbonyl (C=O) groups excluding carboxylic acids is 1. The van der Waals surface area contributed by atoms with Gasteiger partial charge in [0.2, 0.25) is 0 Å². The molecule has 1 aromatic heterocycles. The van der Waals surface area contributed by atoms with E-state index in [2.05, 4.69) is 9.72 Å². The molecule has 0 atom stereocenters. The first-order chi connectivity index (χ1) is 7.26. The van der Waals surface area contributed by atoms with Crippen molar-refractivity contribution in [2.24, 2.45) is 0 Å². The van der Waals surface area contributed by atoms with Gasteiger partial charge in [0.1, 0.15) is 5.01 Å². The molecule has 0 amide bonds. The van der Waals surface area contributed by atoms with Crippen molar-refractivity contribution < 1.29 is 14.3 Å². The molecule has 0 unspecified atom stereocenters. The second-order valence-electron chi connectivity index (χ2n) is 2.95. The van der Waals surface area contributed by atoms with Crippen LogP contribution in [0.3, 0.4) is 0 Å². The number of methoxy groups -OCH3 is 1. The van der Waals surface area contributed by atoms with Crippen LogP contribution in [-0.4, -0.2) is 24.7 Å². The molecule has 0 bridgehead atoms. The molecule has 0 aliphatic rings. The van der Waals surface area contributed by atoms with Crippen LogP contribution < -0.4 is 0 Å². The highest BCUT2D eigenvalue weighted by molar-refractivity contribution is 7.09. The normalized spacial score (nSPS) is 10.3. The van der Waals surface area contributed by atoms with Crippen molar-refractivity contribution in [3.8, 4) is 0 Å². The molecule has 0 aliphatic heterocycles. The van der Waals surface area contributed by atoms with E-state index in [9.17, 15) is 4.79 Å². The van der Waals surface area contributed by atoms with Gasteiger partial charge in [-0.1, -0.05) is 0 Å². The Morgan fingerprint density at radius 1 is 1.60 bits per heavy atom. The molecule has 0 radical (unpaired) electrons. The van der Waals surface area contributed by atoms with Crippen molar-refractivity contribution >= 4 is 17.3 Å². The Morgan fingerprint density at radius 2 is 2.40 bits per heavy atom. The van der Waals surface area contributed by atoms with Crippen molar-refractivity contribution in [2.45, 2.75) is 26.4 Å². The molecule has 1 aromatic rings. The minimum atomic E-state index is -0.200. The largest absolute Gasteiger partial charge is 0.469 e. The lowest BCUT2D eigenvalue weighted by molar-refractivity contribution is -0.140. The van der Waals surface area contributed by atoms with Crippen molar-refractivity contribution in [3.05, 3.63) is 16.1 Å². The first-order valence-corrected chi connectivity index (χ1v) is 5.72. The van der Waals surface area contributed by atoms with Gasteiger partial charge in [-0.25, -0.2) is 4.98 Å². The van der Waals surface area contributed by atoms with Crippen LogP contribution in [0.15, 0.2) is 5.38 Å². The molecule has 4 nitrogen and oxygen atoms in total. The number of nitrogens with zero attached hydrogens (tertiary/aromatic N) is 1. The highest BCUT2D eigenvalue weighted by atomic mass is 32.1. The number of rotatable bonds is 6. The van der Waals surface area contributed by atoms with Crippen LogP contribution in [0, 0.1) is 0 Å². The molecule has 5 heteroatoms. The summed E-state index contributed by atoms with van der Waals surface area (Å²) in [4.78, 5) is 15.2. The Kier molecular flexibility index (Phi) is 5.28. The van der Waals surface area contributed by atoms with Gasteiger partial charge in [-0.05, 0) is 6.92 Å². The monoisotopic (exact) mass is 229 g/mol. The number of carbonyl (C=O) groups is 1. The lowest BCUT2D eigenvalue weighted by Crippen LogP contribution is -2.02. The van der Waals surface area contributed by atoms with Crippen molar-refractivity contribution in [1.29, 1.82) is 0 Å². The summed E-state index contributed by atoms with van der Waals surface area (Å²) in [5.74, 6) is -0.200. The Morgan fingerprint density at radius 3 is 3.07 bits per heavy atom. The zero-order valence-electron chi connectivity index (χ0n) is 8.99. The highest BCUT2D eigenvalue weighted by Crippen LogP contribution is 2.12. The molecule has 0 spiro atoms. The summed E-state index contributed by atoms with van der Waals surface area (Å²) in [6, 6.07) is 0. The SMILES string of the molecule is CCOCc1nc(CCC(=O)OC)cs1. The molecular weight excluding hydrogens is 214 g/mol. The van der Waals surface area contributed by atoms with Gasteiger partial charge in [-0.3, -0.25) is 4.79 Å². The maximum atomic E-state index is 10.9. The van der Waals surface area contributed by atoms with Crippen LogP contribution in [0.5, 0.6) is 0 Å². The van der Waals surface area contributed by atoms with Crippen molar-refractivity contribution in [3.63, 3.8) is 0 Å². The molecule has 1 rings (SSSR count). The molecule has 0 aliphatic carbocycles. The second kappa shape index (κ2) is 6.53. The number of hydrogen-bond donors (Lipinski definition) is 0. The number of ether oxygens (including phenoxy) is 2. The lowest BCUT2D eigenvalue weighted by atomic mass is 10.2. The van der Waals surface area contributed by atoms with Gasteiger partial charge in [0.05, 0.1) is 25.8 Å². The number of thiazole rings is 1. The summed E-state index contributed by atoms with van der Waals surface area (Å²) < 4.78 is 9.79. The fourth-order valence-corrected chi connectivity index (χ4v) is 1.82. The van der Waals surface area contributed by atoms with E-state index in [1.807, 2.05) is 12.3 Å². The van der Waals surface area contributed by atoms with Gasteiger partial charge < -0.3 is 9.47 Å². The van der Waals surface area contributed by atoms with Crippen LogP contribution in [0.2, 0.25) is 0 Å². The molecular formula is C10H15NO3S. The predicted octanol–water partition coefficient (Wildman–Crippen LogP) is 1.79. The molecule has 0 saturated heterocycles. The molecule has 0 aromatic carbocycles. The standard InChI is InChI=1S/C10H15NO3S/c1-3-14-6-9-11-8(7-15-9)4-5-10(12)13-2/h7H,3-6H2,1-2H3. The Hall–Kier alpha value is -0.940. The van der Waals surface area contributed by atoms with Crippen LogP contribution >= 0.6 is 11.3 Å². The van der Waals surface area contributed by atoms with E-state index in [1.54, 1.807) is 11.3 Å². The Labute approximate surface area is 93.2 Å². The number of aryl methyl sites for hydroxylation is 1. The Balaban J connectivity index is 2.35. The summed E-state index contributed by atoms with van der Waals surface area (Å²) >= 11 is 1.56. The fraction of sp³-hybridized carbons (Fsp3) is 0.600. The third-order valence-corrected chi connectivity index (χ3v) is 2.71. The van der Waals surface area contributed by atoms with Crippen molar-refractivity contribution in [1.82, 2.24) is 4.98 Å². The van der Waals surface area contributed by atoms with E-state index >= 15 is 0 Å². The molecule has 0 N–H and O–H groups in total. The zero-order chi connectivity index (χ0) is 11.1. The molecule has 15 heavy (non-hydrogen) atoms. The van der Waals surface area contributed by atoms with Gasteiger partial charge in [0.25, 0.3) is 0 Å². The fourth-order valence-electron chi connectivity index (χ4n) is 1.05. The van der Waals surface area contributed by atoms with Crippen LogP contribution in [0.1, 0.15) is 24.0 Å². The number of esters is 1. The molecule has 0 saturated carbocycles.